The zero-order valence-electron chi connectivity index (χ0n) is 18.4. The van der Waals surface area contributed by atoms with Crippen LogP contribution in [0.5, 0.6) is 0 Å². The van der Waals surface area contributed by atoms with Crippen molar-refractivity contribution in [2.24, 2.45) is 5.92 Å². The number of carbonyl (C=O) groups excluding carboxylic acids is 2. The molecule has 1 aliphatic rings. The maximum absolute atomic E-state index is 12.0. The first kappa shape index (κ1) is 23.5. The molecule has 0 spiro atoms. The van der Waals surface area contributed by atoms with Crippen LogP contribution >= 0.6 is 0 Å². The van der Waals surface area contributed by atoms with Crippen LogP contribution in [0.25, 0.3) is 0 Å². The molecule has 1 aromatic heterocycles. The lowest BCUT2D eigenvalue weighted by atomic mass is 10.00. The zero-order chi connectivity index (χ0) is 22.1. The minimum Gasteiger partial charge on any atom is -0.504 e. The number of ketones is 1. The van der Waals surface area contributed by atoms with Gasteiger partial charge in [0.1, 0.15) is 6.26 Å². The van der Waals surface area contributed by atoms with E-state index in [9.17, 15) is 14.7 Å². The lowest BCUT2D eigenvalue weighted by Gasteiger charge is -2.08. The monoisotopic (exact) mass is 412 g/mol. The Hall–Kier alpha value is -2.82. The first-order chi connectivity index (χ1) is 14.3. The minimum absolute atomic E-state index is 0.0449. The van der Waals surface area contributed by atoms with Gasteiger partial charge in [-0.15, -0.1) is 0 Å². The fraction of sp³-hybridized carbons (Fsp3) is 0.440. The number of carbonyl (C=O) groups is 2. The van der Waals surface area contributed by atoms with Gasteiger partial charge in [-0.3, -0.25) is 4.79 Å². The quantitative estimate of drug-likeness (QED) is 0.251. The first-order valence-electron chi connectivity index (χ1n) is 10.5. The van der Waals surface area contributed by atoms with Gasteiger partial charge in [0.15, 0.2) is 17.3 Å². The highest BCUT2D eigenvalue weighted by Crippen LogP contribution is 2.26. The number of esters is 1. The van der Waals surface area contributed by atoms with Crippen LogP contribution in [-0.4, -0.2) is 16.9 Å². The second kappa shape index (κ2) is 11.4. The summed E-state index contributed by atoms with van der Waals surface area (Å²) in [5.74, 6) is 0.0850. The Morgan fingerprint density at radius 3 is 2.47 bits per heavy atom. The predicted molar refractivity (Wildman–Crippen MR) is 117 cm³/mol. The number of cyclic esters (lactones) is 1. The van der Waals surface area contributed by atoms with E-state index in [0.717, 1.165) is 32.1 Å². The predicted octanol–water partition coefficient (Wildman–Crippen LogP) is 6.60. The van der Waals surface area contributed by atoms with Crippen molar-refractivity contribution in [2.45, 2.75) is 66.2 Å². The van der Waals surface area contributed by atoms with Crippen molar-refractivity contribution in [3.63, 3.8) is 0 Å². The summed E-state index contributed by atoms with van der Waals surface area (Å²) in [5, 5.41) is 9.88. The lowest BCUT2D eigenvalue weighted by molar-refractivity contribution is -0.133. The summed E-state index contributed by atoms with van der Waals surface area (Å²) >= 11 is 0. The lowest BCUT2D eigenvalue weighted by Crippen LogP contribution is -1.97. The Kier molecular flexibility index (Phi) is 8.90. The molecule has 1 N–H and O–H groups in total. The fourth-order valence-corrected chi connectivity index (χ4v) is 3.21. The standard InChI is InChI=1S/C25H32O5/c1-17(7-5-9-18(2)11-12-22(26)21-13-14-29-16-21)8-6-10-19(3)15-23-24(27)20(4)25(28)30-23/h7,9,13-16,19,27H,5-6,8,10-12H2,1-4H3/b17-7+,18-9+,23-15-. The summed E-state index contributed by atoms with van der Waals surface area (Å²) in [5.41, 5.74) is 3.45. The van der Waals surface area contributed by atoms with E-state index in [0.29, 0.717) is 12.0 Å². The molecular weight excluding hydrogens is 380 g/mol. The van der Waals surface area contributed by atoms with E-state index in [1.54, 1.807) is 13.0 Å². The van der Waals surface area contributed by atoms with Gasteiger partial charge in [-0.2, -0.15) is 0 Å². The van der Waals surface area contributed by atoms with E-state index in [2.05, 4.69) is 32.9 Å². The van der Waals surface area contributed by atoms with Gasteiger partial charge in [-0.05, 0) is 70.9 Å². The van der Waals surface area contributed by atoms with Gasteiger partial charge in [0.05, 0.1) is 17.4 Å². The minimum atomic E-state index is -0.473. The molecule has 1 atom stereocenters. The summed E-state index contributed by atoms with van der Waals surface area (Å²) in [7, 11) is 0. The molecular formula is C25H32O5. The molecule has 0 saturated carbocycles. The summed E-state index contributed by atoms with van der Waals surface area (Å²) in [6.07, 6.45) is 14.3. The van der Waals surface area contributed by atoms with Crippen molar-refractivity contribution in [2.75, 3.05) is 0 Å². The number of rotatable bonds is 11. The average molecular weight is 413 g/mol. The molecule has 0 amide bonds. The van der Waals surface area contributed by atoms with Gasteiger partial charge in [0.25, 0.3) is 0 Å². The molecule has 2 rings (SSSR count). The highest BCUT2D eigenvalue weighted by atomic mass is 16.6. The van der Waals surface area contributed by atoms with Crippen LogP contribution in [0.2, 0.25) is 0 Å². The fourth-order valence-electron chi connectivity index (χ4n) is 3.21. The van der Waals surface area contributed by atoms with Crippen LogP contribution in [0.4, 0.5) is 0 Å². The number of allylic oxidation sites excluding steroid dienone is 5. The molecule has 0 saturated heterocycles. The molecule has 2 heterocycles. The Labute approximate surface area is 178 Å². The molecule has 0 aliphatic carbocycles. The maximum Gasteiger partial charge on any atom is 0.343 e. The Bertz CT molecular complexity index is 865. The number of Topliss-reactive ketones (excluding diaryl/α,β-unsaturated/α-hetero) is 1. The van der Waals surface area contributed by atoms with Crippen molar-refractivity contribution >= 4 is 11.8 Å². The van der Waals surface area contributed by atoms with Crippen molar-refractivity contribution in [1.29, 1.82) is 0 Å². The number of hydrogen-bond donors (Lipinski definition) is 1. The van der Waals surface area contributed by atoms with Crippen LogP contribution in [0, 0.1) is 5.92 Å². The topological polar surface area (TPSA) is 76.7 Å². The van der Waals surface area contributed by atoms with Gasteiger partial charge < -0.3 is 14.3 Å². The molecule has 5 heteroatoms. The molecule has 1 aromatic rings. The zero-order valence-corrected chi connectivity index (χ0v) is 18.4. The maximum atomic E-state index is 12.0. The summed E-state index contributed by atoms with van der Waals surface area (Å²) in [4.78, 5) is 23.4. The van der Waals surface area contributed by atoms with Crippen LogP contribution < -0.4 is 0 Å². The third kappa shape index (κ3) is 7.21. The molecule has 5 nitrogen and oxygen atoms in total. The Balaban J connectivity index is 1.68. The third-order valence-corrected chi connectivity index (χ3v) is 5.29. The molecule has 0 bridgehead atoms. The van der Waals surface area contributed by atoms with Crippen LogP contribution in [-0.2, 0) is 9.53 Å². The molecule has 1 aliphatic heterocycles. The molecule has 30 heavy (non-hydrogen) atoms. The number of aliphatic hydroxyl groups is 1. The number of aliphatic hydroxyl groups excluding tert-OH is 1. The van der Waals surface area contributed by atoms with Gasteiger partial charge in [-0.1, -0.05) is 30.2 Å². The van der Waals surface area contributed by atoms with Crippen molar-refractivity contribution in [3.8, 4) is 0 Å². The van der Waals surface area contributed by atoms with Crippen molar-refractivity contribution in [1.82, 2.24) is 0 Å². The van der Waals surface area contributed by atoms with Gasteiger partial charge in [0, 0.05) is 6.42 Å². The van der Waals surface area contributed by atoms with E-state index < -0.39 is 5.97 Å². The Morgan fingerprint density at radius 1 is 1.17 bits per heavy atom. The van der Waals surface area contributed by atoms with Gasteiger partial charge >= 0.3 is 5.97 Å². The van der Waals surface area contributed by atoms with Gasteiger partial charge in [0.2, 0.25) is 0 Å². The molecule has 0 radical (unpaired) electrons. The van der Waals surface area contributed by atoms with E-state index in [4.69, 9.17) is 9.15 Å². The number of hydrogen-bond acceptors (Lipinski definition) is 5. The van der Waals surface area contributed by atoms with E-state index in [-0.39, 0.29) is 28.8 Å². The molecule has 0 fully saturated rings. The SMILES string of the molecule is CC1=C(O)/C(=C/C(C)CCC/C(C)=C/C/C=C(\C)CCC(=O)c2ccoc2)OC1=O. The summed E-state index contributed by atoms with van der Waals surface area (Å²) < 4.78 is 10.0. The van der Waals surface area contributed by atoms with E-state index in [1.807, 2.05) is 6.08 Å². The van der Waals surface area contributed by atoms with Crippen LogP contribution in [0.1, 0.15) is 76.6 Å². The van der Waals surface area contributed by atoms with E-state index >= 15 is 0 Å². The van der Waals surface area contributed by atoms with Crippen LogP contribution in [0.15, 0.2) is 69.5 Å². The second-order valence-electron chi connectivity index (χ2n) is 8.04. The van der Waals surface area contributed by atoms with E-state index in [1.165, 1.54) is 23.7 Å². The summed E-state index contributed by atoms with van der Waals surface area (Å²) in [6.45, 7) is 7.80. The average Bonchev–Trinajstić information content (AvgIpc) is 3.32. The third-order valence-electron chi connectivity index (χ3n) is 5.29. The van der Waals surface area contributed by atoms with Crippen molar-refractivity contribution in [3.05, 3.63) is 70.6 Å². The molecule has 162 valence electrons. The van der Waals surface area contributed by atoms with Gasteiger partial charge in [-0.25, -0.2) is 4.79 Å². The highest BCUT2D eigenvalue weighted by molar-refractivity contribution is 5.95. The number of furan rings is 1. The highest BCUT2D eigenvalue weighted by Gasteiger charge is 2.26. The molecule has 1 unspecified atom stereocenters. The second-order valence-corrected chi connectivity index (χ2v) is 8.04. The largest absolute Gasteiger partial charge is 0.504 e. The van der Waals surface area contributed by atoms with Crippen LogP contribution in [0.3, 0.4) is 0 Å². The smallest absolute Gasteiger partial charge is 0.343 e. The first-order valence-corrected chi connectivity index (χ1v) is 10.5. The normalized spacial score (nSPS) is 17.6. The number of ether oxygens (including phenoxy) is 1. The summed E-state index contributed by atoms with van der Waals surface area (Å²) in [6, 6.07) is 1.70. The molecule has 0 aromatic carbocycles. The van der Waals surface area contributed by atoms with Crippen molar-refractivity contribution < 1.29 is 23.8 Å². The Morgan fingerprint density at radius 2 is 1.87 bits per heavy atom.